The van der Waals surface area contributed by atoms with Crippen molar-refractivity contribution in [2.24, 2.45) is 0 Å². The molecular weight excluding hydrogens is 174 g/mol. The maximum atomic E-state index is 11.0. The third-order valence-corrected chi connectivity index (χ3v) is 1.25. The minimum Gasteiger partial charge on any atom is -0.465 e. The summed E-state index contributed by atoms with van der Waals surface area (Å²) in [5, 5.41) is 0. The van der Waals surface area contributed by atoms with E-state index in [1.54, 1.807) is 13.8 Å². The molecule has 13 heavy (non-hydrogen) atoms. The maximum Gasteiger partial charge on any atom is 0.410 e. The molecule has 0 aromatic carbocycles. The number of carbonyl (C=O) groups excluding carboxylic acids is 2. The second kappa shape index (κ2) is 6.28. The predicted molar refractivity (Wildman–Crippen MR) is 46.3 cm³/mol. The smallest absolute Gasteiger partial charge is 0.410 e. The summed E-state index contributed by atoms with van der Waals surface area (Å²) in [5.74, 6) is -0.432. The van der Waals surface area contributed by atoms with Crippen molar-refractivity contribution in [3.63, 3.8) is 0 Å². The van der Waals surface area contributed by atoms with Crippen molar-refractivity contribution in [1.82, 2.24) is 4.90 Å². The molecule has 0 unspecified atom stereocenters. The minimum absolute atomic E-state index is 0.0767. The Morgan fingerprint density at radius 1 is 1.15 bits per heavy atom. The molecule has 0 spiro atoms. The summed E-state index contributed by atoms with van der Waals surface area (Å²) in [6, 6.07) is 0. The van der Waals surface area contributed by atoms with Crippen molar-refractivity contribution in [2.75, 3.05) is 26.8 Å². The summed E-state index contributed by atoms with van der Waals surface area (Å²) in [5.41, 5.74) is 0. The van der Waals surface area contributed by atoms with Crippen LogP contribution in [0.5, 0.6) is 0 Å². The molecule has 0 aliphatic carbocycles. The van der Waals surface area contributed by atoms with Gasteiger partial charge in [0, 0.05) is 7.05 Å². The molecule has 76 valence electrons. The molecule has 0 saturated heterocycles. The van der Waals surface area contributed by atoms with Gasteiger partial charge >= 0.3 is 12.1 Å². The first-order valence-electron chi connectivity index (χ1n) is 4.15. The van der Waals surface area contributed by atoms with E-state index >= 15 is 0 Å². The monoisotopic (exact) mass is 189 g/mol. The highest BCUT2D eigenvalue weighted by Crippen LogP contribution is 1.91. The molecule has 0 aliphatic rings. The topological polar surface area (TPSA) is 55.8 Å². The molecule has 0 bridgehead atoms. The van der Waals surface area contributed by atoms with Crippen LogP contribution in [-0.4, -0.2) is 43.8 Å². The van der Waals surface area contributed by atoms with Gasteiger partial charge in [0.05, 0.1) is 13.2 Å². The summed E-state index contributed by atoms with van der Waals surface area (Å²) in [7, 11) is 1.48. The molecule has 0 aromatic rings. The van der Waals surface area contributed by atoms with Gasteiger partial charge < -0.3 is 14.4 Å². The third-order valence-electron chi connectivity index (χ3n) is 1.25. The van der Waals surface area contributed by atoms with Gasteiger partial charge in [-0.05, 0) is 13.8 Å². The zero-order valence-corrected chi connectivity index (χ0v) is 8.20. The van der Waals surface area contributed by atoms with Crippen LogP contribution in [0.25, 0.3) is 0 Å². The fraction of sp³-hybridized carbons (Fsp3) is 0.750. The van der Waals surface area contributed by atoms with Crippen molar-refractivity contribution in [1.29, 1.82) is 0 Å². The molecule has 0 aromatic heterocycles. The summed E-state index contributed by atoms with van der Waals surface area (Å²) in [6.07, 6.45) is -0.518. The molecule has 5 heteroatoms. The minimum atomic E-state index is -0.518. The lowest BCUT2D eigenvalue weighted by molar-refractivity contribution is -0.143. The predicted octanol–water partition coefficient (Wildman–Crippen LogP) is 0.638. The second-order valence-corrected chi connectivity index (χ2v) is 2.36. The van der Waals surface area contributed by atoms with Gasteiger partial charge in [0.2, 0.25) is 0 Å². The normalized spacial score (nSPS) is 9.15. The Hall–Kier alpha value is -1.26. The lowest BCUT2D eigenvalue weighted by atomic mass is 10.6. The highest BCUT2D eigenvalue weighted by atomic mass is 16.6. The van der Waals surface area contributed by atoms with Gasteiger partial charge in [0.15, 0.2) is 0 Å². The van der Waals surface area contributed by atoms with Crippen molar-refractivity contribution < 1.29 is 19.1 Å². The van der Waals surface area contributed by atoms with Gasteiger partial charge in [-0.1, -0.05) is 0 Å². The maximum absolute atomic E-state index is 11.0. The van der Waals surface area contributed by atoms with Gasteiger partial charge in [0.25, 0.3) is 0 Å². The quantitative estimate of drug-likeness (QED) is 0.609. The van der Waals surface area contributed by atoms with Crippen molar-refractivity contribution in [3.8, 4) is 0 Å². The molecule has 0 radical (unpaired) electrons. The van der Waals surface area contributed by atoms with E-state index in [2.05, 4.69) is 9.47 Å². The summed E-state index contributed by atoms with van der Waals surface area (Å²) in [6.45, 7) is 3.95. The SMILES string of the molecule is CCOC(=O)CN(C)C(=O)OCC. The fourth-order valence-electron chi connectivity index (χ4n) is 0.698. The van der Waals surface area contributed by atoms with E-state index in [9.17, 15) is 9.59 Å². The molecule has 0 rings (SSSR count). The molecule has 0 heterocycles. The summed E-state index contributed by atoms with van der Waals surface area (Å²) >= 11 is 0. The van der Waals surface area contributed by atoms with Crippen LogP contribution in [-0.2, 0) is 14.3 Å². The van der Waals surface area contributed by atoms with Gasteiger partial charge in [0.1, 0.15) is 6.54 Å². The average molecular weight is 189 g/mol. The Morgan fingerprint density at radius 2 is 1.69 bits per heavy atom. The molecule has 0 fully saturated rings. The van der Waals surface area contributed by atoms with Crippen molar-refractivity contribution in [2.45, 2.75) is 13.8 Å². The standard InChI is InChI=1S/C8H15NO4/c1-4-12-7(10)6-9(3)8(11)13-5-2/h4-6H2,1-3H3. The van der Waals surface area contributed by atoms with Crippen LogP contribution in [0.15, 0.2) is 0 Å². The number of carbonyl (C=O) groups is 2. The lowest BCUT2D eigenvalue weighted by Crippen LogP contribution is -2.33. The fourth-order valence-corrected chi connectivity index (χ4v) is 0.698. The van der Waals surface area contributed by atoms with Crippen LogP contribution in [0.1, 0.15) is 13.8 Å². The number of ether oxygens (including phenoxy) is 2. The van der Waals surface area contributed by atoms with Crippen LogP contribution in [0.2, 0.25) is 0 Å². The van der Waals surface area contributed by atoms with Gasteiger partial charge in [-0.25, -0.2) is 4.79 Å². The first-order valence-corrected chi connectivity index (χ1v) is 4.15. The first kappa shape index (κ1) is 11.7. The Balaban J connectivity index is 3.78. The van der Waals surface area contributed by atoms with E-state index in [1.807, 2.05) is 0 Å². The molecule has 0 aliphatic heterocycles. The van der Waals surface area contributed by atoms with Crippen molar-refractivity contribution in [3.05, 3.63) is 0 Å². The number of likely N-dealkylation sites (N-methyl/N-ethyl adjacent to an activating group) is 1. The van der Waals surface area contributed by atoms with Gasteiger partial charge in [-0.2, -0.15) is 0 Å². The van der Waals surface area contributed by atoms with Crippen LogP contribution < -0.4 is 0 Å². The van der Waals surface area contributed by atoms with E-state index in [0.29, 0.717) is 13.2 Å². The molecule has 1 amide bonds. The second-order valence-electron chi connectivity index (χ2n) is 2.36. The zero-order chi connectivity index (χ0) is 10.3. The Kier molecular flexibility index (Phi) is 5.67. The van der Waals surface area contributed by atoms with Crippen LogP contribution in [0.3, 0.4) is 0 Å². The number of hydrogen-bond acceptors (Lipinski definition) is 4. The Labute approximate surface area is 77.6 Å². The van der Waals surface area contributed by atoms with E-state index in [-0.39, 0.29) is 6.54 Å². The molecule has 0 atom stereocenters. The van der Waals surface area contributed by atoms with E-state index in [0.717, 1.165) is 0 Å². The highest BCUT2D eigenvalue weighted by Gasteiger charge is 2.13. The van der Waals surface area contributed by atoms with E-state index < -0.39 is 12.1 Å². The average Bonchev–Trinajstić information content (AvgIpc) is 2.05. The molecule has 0 N–H and O–H groups in total. The third kappa shape index (κ3) is 5.05. The summed E-state index contributed by atoms with van der Waals surface area (Å²) in [4.78, 5) is 23.0. The Morgan fingerprint density at radius 3 is 2.15 bits per heavy atom. The van der Waals surface area contributed by atoms with Gasteiger partial charge in [-0.15, -0.1) is 0 Å². The largest absolute Gasteiger partial charge is 0.465 e. The molecule has 0 saturated carbocycles. The number of nitrogens with zero attached hydrogens (tertiary/aromatic N) is 1. The van der Waals surface area contributed by atoms with E-state index in [1.165, 1.54) is 11.9 Å². The number of esters is 1. The van der Waals surface area contributed by atoms with Crippen LogP contribution in [0.4, 0.5) is 4.79 Å². The number of rotatable bonds is 4. The highest BCUT2D eigenvalue weighted by molar-refractivity contribution is 5.77. The molecular formula is C8H15NO4. The van der Waals surface area contributed by atoms with Crippen LogP contribution >= 0.6 is 0 Å². The number of amides is 1. The Bertz CT molecular complexity index is 181. The number of hydrogen-bond donors (Lipinski definition) is 0. The van der Waals surface area contributed by atoms with Crippen LogP contribution in [0, 0.1) is 0 Å². The van der Waals surface area contributed by atoms with Gasteiger partial charge in [-0.3, -0.25) is 4.79 Å². The first-order chi connectivity index (χ1) is 6.11. The zero-order valence-electron chi connectivity index (χ0n) is 8.20. The van der Waals surface area contributed by atoms with E-state index in [4.69, 9.17) is 0 Å². The van der Waals surface area contributed by atoms with Crippen molar-refractivity contribution >= 4 is 12.1 Å². The molecule has 5 nitrogen and oxygen atoms in total. The summed E-state index contributed by atoms with van der Waals surface area (Å²) < 4.78 is 9.31. The lowest BCUT2D eigenvalue weighted by Gasteiger charge is -2.14.